The van der Waals surface area contributed by atoms with Crippen molar-refractivity contribution in [3.05, 3.63) is 48.0 Å². The Morgan fingerprint density at radius 1 is 1.14 bits per heavy atom. The predicted octanol–water partition coefficient (Wildman–Crippen LogP) is 3.22. The minimum atomic E-state index is -0.108. The number of aliphatic hydroxyl groups excluding tert-OH is 1. The van der Waals surface area contributed by atoms with Gasteiger partial charge in [0.05, 0.1) is 12.9 Å². The number of nitrogens with two attached hydrogens (primary N) is 1. The highest BCUT2D eigenvalue weighted by molar-refractivity contribution is 5.83. The summed E-state index contributed by atoms with van der Waals surface area (Å²) in [5.74, 6) is 1.26. The zero-order chi connectivity index (χ0) is 19.9. The molecule has 3 aromatic rings. The molecule has 4 N–H and O–H groups in total. The molecule has 1 atom stereocenters. The van der Waals surface area contributed by atoms with E-state index < -0.39 is 0 Å². The molecule has 0 saturated carbocycles. The fourth-order valence-corrected chi connectivity index (χ4v) is 3.24. The van der Waals surface area contributed by atoms with Crippen molar-refractivity contribution < 1.29 is 5.11 Å². The van der Waals surface area contributed by atoms with E-state index in [2.05, 4.69) is 36.3 Å². The van der Waals surface area contributed by atoms with Crippen molar-refractivity contribution in [1.82, 2.24) is 19.5 Å². The molecule has 0 fully saturated rings. The molecule has 2 aromatic heterocycles. The summed E-state index contributed by atoms with van der Waals surface area (Å²) in [4.78, 5) is 14.1. The van der Waals surface area contributed by atoms with Gasteiger partial charge in [0.2, 0.25) is 0 Å². The smallest absolute Gasteiger partial charge is 0.166 e. The van der Waals surface area contributed by atoms with Crippen molar-refractivity contribution in [1.29, 1.82) is 0 Å². The molecule has 7 nitrogen and oxygen atoms in total. The third-order valence-electron chi connectivity index (χ3n) is 4.89. The van der Waals surface area contributed by atoms with Gasteiger partial charge >= 0.3 is 0 Å². The van der Waals surface area contributed by atoms with E-state index in [9.17, 15) is 5.11 Å². The molecule has 0 aliphatic rings. The Hall–Kier alpha value is -2.51. The normalized spacial score (nSPS) is 12.6. The van der Waals surface area contributed by atoms with Crippen LogP contribution in [0, 0.1) is 0 Å². The average molecular weight is 383 g/mol. The highest BCUT2D eigenvalue weighted by atomic mass is 16.3. The number of hydrogen-bond donors (Lipinski definition) is 3. The average Bonchev–Trinajstić information content (AvgIpc) is 3.14. The van der Waals surface area contributed by atoms with Crippen molar-refractivity contribution in [2.45, 2.75) is 51.6 Å². The third kappa shape index (κ3) is 4.66. The van der Waals surface area contributed by atoms with Crippen LogP contribution in [0.5, 0.6) is 0 Å². The lowest BCUT2D eigenvalue weighted by molar-refractivity contribution is 0.252. The van der Waals surface area contributed by atoms with Crippen LogP contribution in [0.25, 0.3) is 11.2 Å². The first-order valence-corrected chi connectivity index (χ1v) is 9.97. The van der Waals surface area contributed by atoms with Gasteiger partial charge in [0.25, 0.3) is 0 Å². The molecule has 2 heterocycles. The maximum Gasteiger partial charge on any atom is 0.166 e. The van der Waals surface area contributed by atoms with Crippen LogP contribution in [0.4, 0.5) is 5.82 Å². The fraction of sp³-hybridized carbons (Fsp3) is 0.476. The van der Waals surface area contributed by atoms with Gasteiger partial charge in [-0.3, -0.25) is 0 Å². The quantitative estimate of drug-likeness (QED) is 0.465. The highest BCUT2D eigenvalue weighted by Crippen LogP contribution is 2.26. The molecule has 7 heteroatoms. The van der Waals surface area contributed by atoms with Crippen LogP contribution < -0.4 is 11.1 Å². The van der Waals surface area contributed by atoms with E-state index in [-0.39, 0.29) is 18.6 Å². The number of aromatic nitrogens is 4. The van der Waals surface area contributed by atoms with Gasteiger partial charge in [-0.2, -0.15) is 0 Å². The van der Waals surface area contributed by atoms with E-state index in [4.69, 9.17) is 15.7 Å². The van der Waals surface area contributed by atoms with Crippen LogP contribution in [0.3, 0.4) is 0 Å². The van der Waals surface area contributed by atoms with Gasteiger partial charge in [-0.05, 0) is 38.8 Å². The van der Waals surface area contributed by atoms with Crippen molar-refractivity contribution in [3.8, 4) is 0 Å². The van der Waals surface area contributed by atoms with E-state index in [0.717, 1.165) is 30.4 Å². The van der Waals surface area contributed by atoms with Gasteiger partial charge in [0.15, 0.2) is 11.5 Å². The Balaban J connectivity index is 1.95. The van der Waals surface area contributed by atoms with Gasteiger partial charge in [-0.25, -0.2) is 15.0 Å². The summed E-state index contributed by atoms with van der Waals surface area (Å²) >= 11 is 0. The third-order valence-corrected chi connectivity index (χ3v) is 4.89. The Labute approximate surface area is 166 Å². The monoisotopic (exact) mass is 382 g/mol. The molecule has 0 bridgehead atoms. The van der Waals surface area contributed by atoms with Gasteiger partial charge in [-0.1, -0.05) is 36.8 Å². The van der Waals surface area contributed by atoms with E-state index in [1.165, 1.54) is 5.56 Å². The number of nitrogens with one attached hydrogen (secondary N) is 1. The number of aliphatic hydroxyl groups is 1. The second-order valence-corrected chi connectivity index (χ2v) is 7.35. The number of anilines is 1. The molecule has 28 heavy (non-hydrogen) atoms. The molecule has 1 aromatic carbocycles. The summed E-state index contributed by atoms with van der Waals surface area (Å²) in [5, 5.41) is 13.3. The molecule has 0 saturated heterocycles. The van der Waals surface area contributed by atoms with Crippen LogP contribution >= 0.6 is 0 Å². The first kappa shape index (κ1) is 20.2. The SMILES string of the molecule is CC(C)n1cnc2c(NCc3ccccc3)nc([C@H](CO)CCCCN)nc21. The molecule has 0 unspecified atom stereocenters. The molecular weight excluding hydrogens is 352 g/mol. The van der Waals surface area contributed by atoms with Gasteiger partial charge < -0.3 is 20.7 Å². The molecule has 3 rings (SSSR count). The van der Waals surface area contributed by atoms with Crippen molar-refractivity contribution in [3.63, 3.8) is 0 Å². The molecule has 0 aliphatic carbocycles. The Morgan fingerprint density at radius 3 is 2.61 bits per heavy atom. The Morgan fingerprint density at radius 2 is 1.93 bits per heavy atom. The first-order valence-electron chi connectivity index (χ1n) is 9.97. The number of fused-ring (bicyclic) bond motifs is 1. The number of rotatable bonds is 10. The summed E-state index contributed by atoms with van der Waals surface area (Å²) in [7, 11) is 0. The minimum absolute atomic E-state index is 0.0179. The van der Waals surface area contributed by atoms with Crippen LogP contribution in [-0.2, 0) is 6.54 Å². The number of imidazole rings is 1. The Kier molecular flexibility index (Phi) is 6.95. The number of hydrogen-bond acceptors (Lipinski definition) is 6. The van der Waals surface area contributed by atoms with E-state index in [1.54, 1.807) is 0 Å². The maximum absolute atomic E-state index is 9.92. The summed E-state index contributed by atoms with van der Waals surface area (Å²) in [6, 6.07) is 10.4. The van der Waals surface area contributed by atoms with Gasteiger partial charge in [-0.15, -0.1) is 0 Å². The van der Waals surface area contributed by atoms with Crippen LogP contribution in [0.2, 0.25) is 0 Å². The fourth-order valence-electron chi connectivity index (χ4n) is 3.24. The van der Waals surface area contributed by atoms with Crippen LogP contribution in [0.1, 0.15) is 56.5 Å². The van der Waals surface area contributed by atoms with Crippen molar-refractivity contribution >= 4 is 17.0 Å². The summed E-state index contributed by atoms with van der Waals surface area (Å²) < 4.78 is 2.04. The summed E-state index contributed by atoms with van der Waals surface area (Å²) in [6.07, 6.45) is 4.50. The number of nitrogens with zero attached hydrogens (tertiary/aromatic N) is 4. The zero-order valence-electron chi connectivity index (χ0n) is 16.7. The second kappa shape index (κ2) is 9.61. The lowest BCUT2D eigenvalue weighted by Gasteiger charge is -2.16. The molecule has 0 aliphatic heterocycles. The molecule has 0 amide bonds. The first-order chi connectivity index (χ1) is 13.6. The van der Waals surface area contributed by atoms with Crippen LogP contribution in [-0.4, -0.2) is 37.8 Å². The van der Waals surface area contributed by atoms with Crippen molar-refractivity contribution in [2.24, 2.45) is 5.73 Å². The number of benzene rings is 1. The van der Waals surface area contributed by atoms with Gasteiger partial charge in [0, 0.05) is 18.5 Å². The zero-order valence-corrected chi connectivity index (χ0v) is 16.7. The standard InChI is InChI=1S/C21H30N6O/c1-15(2)27-14-24-18-20(23-12-16-8-4-3-5-9-16)25-19(26-21(18)27)17(13-28)10-6-7-11-22/h3-5,8-9,14-15,17,28H,6-7,10-13,22H2,1-2H3,(H,23,25,26)/t17-/m0/s1. The summed E-state index contributed by atoms with van der Waals surface area (Å²) in [6.45, 7) is 5.53. The minimum Gasteiger partial charge on any atom is -0.396 e. The lowest BCUT2D eigenvalue weighted by Crippen LogP contribution is -2.13. The van der Waals surface area contributed by atoms with E-state index in [1.807, 2.05) is 29.1 Å². The molecule has 0 spiro atoms. The largest absolute Gasteiger partial charge is 0.396 e. The molecule has 0 radical (unpaired) electrons. The molecular formula is C21H30N6O. The summed E-state index contributed by atoms with van der Waals surface area (Å²) in [5.41, 5.74) is 8.33. The van der Waals surface area contributed by atoms with Crippen LogP contribution in [0.15, 0.2) is 36.7 Å². The molecule has 150 valence electrons. The number of unbranched alkanes of at least 4 members (excludes halogenated alkanes) is 1. The van der Waals surface area contributed by atoms with E-state index in [0.29, 0.717) is 24.7 Å². The topological polar surface area (TPSA) is 102 Å². The second-order valence-electron chi connectivity index (χ2n) is 7.35. The van der Waals surface area contributed by atoms with E-state index >= 15 is 0 Å². The maximum atomic E-state index is 9.92. The highest BCUT2D eigenvalue weighted by Gasteiger charge is 2.20. The lowest BCUT2D eigenvalue weighted by atomic mass is 10.0. The Bertz CT molecular complexity index is 877. The van der Waals surface area contributed by atoms with Gasteiger partial charge in [0.1, 0.15) is 11.3 Å². The predicted molar refractivity (Wildman–Crippen MR) is 112 cm³/mol. The van der Waals surface area contributed by atoms with Crippen molar-refractivity contribution in [2.75, 3.05) is 18.5 Å².